The van der Waals surface area contributed by atoms with Crippen LogP contribution >= 0.6 is 0 Å². The van der Waals surface area contributed by atoms with E-state index in [1.54, 1.807) is 12.4 Å². The fourth-order valence-corrected chi connectivity index (χ4v) is 1.77. The first-order valence-electron chi connectivity index (χ1n) is 6.06. The molecule has 0 bridgehead atoms. The van der Waals surface area contributed by atoms with Gasteiger partial charge in [0.1, 0.15) is 11.9 Å². The Morgan fingerprint density at radius 3 is 2.42 bits per heavy atom. The van der Waals surface area contributed by atoms with Crippen molar-refractivity contribution in [3.8, 4) is 11.8 Å². The molecule has 2 rings (SSSR count). The summed E-state index contributed by atoms with van der Waals surface area (Å²) in [6.45, 7) is 0.393. The number of benzene rings is 1. The van der Waals surface area contributed by atoms with Gasteiger partial charge in [-0.1, -0.05) is 12.1 Å². The Morgan fingerprint density at radius 1 is 1.16 bits per heavy atom. The maximum atomic E-state index is 8.62. The van der Waals surface area contributed by atoms with E-state index in [0.29, 0.717) is 13.0 Å². The van der Waals surface area contributed by atoms with Crippen LogP contribution in [0.4, 0.5) is 0 Å². The van der Waals surface area contributed by atoms with E-state index < -0.39 is 0 Å². The van der Waals surface area contributed by atoms with Gasteiger partial charge in [-0.15, -0.1) is 0 Å². The number of pyridine rings is 1. The summed E-state index contributed by atoms with van der Waals surface area (Å²) >= 11 is 0. The Morgan fingerprint density at radius 2 is 1.84 bits per heavy atom. The second-order valence-corrected chi connectivity index (χ2v) is 4.10. The zero-order valence-corrected chi connectivity index (χ0v) is 10.5. The molecule has 96 valence electrons. The van der Waals surface area contributed by atoms with Gasteiger partial charge in [-0.05, 0) is 35.4 Å². The molecule has 0 radical (unpaired) electrons. The van der Waals surface area contributed by atoms with Crippen LogP contribution in [0.25, 0.3) is 0 Å². The Kier molecular flexibility index (Phi) is 4.49. The van der Waals surface area contributed by atoms with E-state index in [4.69, 9.17) is 15.7 Å². The van der Waals surface area contributed by atoms with Gasteiger partial charge in [-0.3, -0.25) is 4.98 Å². The van der Waals surface area contributed by atoms with Gasteiger partial charge in [0.2, 0.25) is 0 Å². The molecule has 0 aliphatic carbocycles. The molecule has 4 nitrogen and oxygen atoms in total. The van der Waals surface area contributed by atoms with Crippen LogP contribution in [-0.4, -0.2) is 11.5 Å². The third-order valence-corrected chi connectivity index (χ3v) is 2.78. The van der Waals surface area contributed by atoms with Crippen molar-refractivity contribution < 1.29 is 4.74 Å². The lowest BCUT2D eigenvalue weighted by Gasteiger charge is -2.17. The molecule has 1 aromatic carbocycles. The summed E-state index contributed by atoms with van der Waals surface area (Å²) in [6, 6.07) is 13.4. The maximum absolute atomic E-state index is 8.62. The van der Waals surface area contributed by atoms with Crippen LogP contribution in [-0.2, 0) is 6.42 Å². The highest BCUT2D eigenvalue weighted by molar-refractivity contribution is 5.29. The van der Waals surface area contributed by atoms with Crippen molar-refractivity contribution in [2.75, 3.05) is 6.54 Å². The Labute approximate surface area is 112 Å². The van der Waals surface area contributed by atoms with Crippen LogP contribution < -0.4 is 10.5 Å². The van der Waals surface area contributed by atoms with Crippen molar-refractivity contribution in [1.82, 2.24) is 4.98 Å². The number of nitrogens with two attached hydrogens (primary N) is 1. The lowest BCUT2D eigenvalue weighted by molar-refractivity contribution is 0.214. The average molecular weight is 253 g/mol. The van der Waals surface area contributed by atoms with Gasteiger partial charge in [-0.2, -0.15) is 5.26 Å². The summed E-state index contributed by atoms with van der Waals surface area (Å²) in [5.41, 5.74) is 7.72. The van der Waals surface area contributed by atoms with Gasteiger partial charge in [0.05, 0.1) is 12.5 Å². The maximum Gasteiger partial charge on any atom is 0.136 e. The highest BCUT2D eigenvalue weighted by Crippen LogP contribution is 2.21. The van der Waals surface area contributed by atoms with Crippen molar-refractivity contribution in [3.63, 3.8) is 0 Å². The molecule has 1 atom stereocenters. The molecule has 1 unspecified atom stereocenters. The van der Waals surface area contributed by atoms with Crippen LogP contribution in [0.2, 0.25) is 0 Å². The summed E-state index contributed by atoms with van der Waals surface area (Å²) in [6.07, 6.45) is 3.66. The summed E-state index contributed by atoms with van der Waals surface area (Å²) in [7, 11) is 0. The summed E-state index contributed by atoms with van der Waals surface area (Å²) in [5.74, 6) is 0.744. The molecular weight excluding hydrogens is 238 g/mol. The van der Waals surface area contributed by atoms with Gasteiger partial charge < -0.3 is 10.5 Å². The largest absolute Gasteiger partial charge is 0.484 e. The van der Waals surface area contributed by atoms with E-state index in [2.05, 4.69) is 11.1 Å². The van der Waals surface area contributed by atoms with Crippen molar-refractivity contribution in [2.45, 2.75) is 12.5 Å². The molecular formula is C15H15N3O. The standard InChI is InChI=1S/C15H15N3O/c16-8-5-12-1-3-14(4-2-12)19-15(11-17)13-6-9-18-10-7-13/h1-4,6-7,9-10,15H,5,11,17H2. The topological polar surface area (TPSA) is 71.9 Å². The summed E-state index contributed by atoms with van der Waals surface area (Å²) in [4.78, 5) is 3.97. The van der Waals surface area contributed by atoms with Gasteiger partial charge in [0.25, 0.3) is 0 Å². The molecule has 0 amide bonds. The molecule has 0 aliphatic rings. The van der Waals surface area contributed by atoms with Crippen LogP contribution in [0.15, 0.2) is 48.8 Å². The minimum Gasteiger partial charge on any atom is -0.484 e. The normalized spacial score (nSPS) is 11.6. The average Bonchev–Trinajstić information content (AvgIpc) is 2.48. The van der Waals surface area contributed by atoms with Crippen LogP contribution in [0.1, 0.15) is 17.2 Å². The first-order valence-corrected chi connectivity index (χ1v) is 6.06. The quantitative estimate of drug-likeness (QED) is 0.886. The molecule has 1 heterocycles. The predicted molar refractivity (Wildman–Crippen MR) is 72.4 cm³/mol. The zero-order chi connectivity index (χ0) is 13.5. The number of ether oxygens (including phenoxy) is 1. The van der Waals surface area contributed by atoms with Crippen molar-refractivity contribution >= 4 is 0 Å². The van der Waals surface area contributed by atoms with E-state index in [1.165, 1.54) is 0 Å². The van der Waals surface area contributed by atoms with Crippen LogP contribution in [0.3, 0.4) is 0 Å². The Bertz CT molecular complexity index is 546. The monoisotopic (exact) mass is 253 g/mol. The highest BCUT2D eigenvalue weighted by Gasteiger charge is 2.10. The van der Waals surface area contributed by atoms with E-state index >= 15 is 0 Å². The van der Waals surface area contributed by atoms with Crippen molar-refractivity contribution in [2.24, 2.45) is 5.73 Å². The lowest BCUT2D eigenvalue weighted by atomic mass is 10.1. The van der Waals surface area contributed by atoms with Gasteiger partial charge in [0.15, 0.2) is 0 Å². The molecule has 1 aromatic heterocycles. The lowest BCUT2D eigenvalue weighted by Crippen LogP contribution is -2.18. The number of aromatic nitrogens is 1. The van der Waals surface area contributed by atoms with Crippen molar-refractivity contribution in [1.29, 1.82) is 5.26 Å². The SMILES string of the molecule is N#CCc1ccc(OC(CN)c2ccncc2)cc1. The number of hydrogen-bond donors (Lipinski definition) is 1. The second-order valence-electron chi connectivity index (χ2n) is 4.10. The van der Waals surface area contributed by atoms with E-state index in [-0.39, 0.29) is 6.10 Å². The highest BCUT2D eigenvalue weighted by atomic mass is 16.5. The van der Waals surface area contributed by atoms with Gasteiger partial charge in [-0.25, -0.2) is 0 Å². The number of nitrogens with zero attached hydrogens (tertiary/aromatic N) is 2. The first kappa shape index (κ1) is 13.1. The van der Waals surface area contributed by atoms with Crippen molar-refractivity contribution in [3.05, 3.63) is 59.9 Å². The Hall–Kier alpha value is -2.38. The minimum absolute atomic E-state index is 0.190. The molecule has 19 heavy (non-hydrogen) atoms. The zero-order valence-electron chi connectivity index (χ0n) is 10.5. The number of hydrogen-bond acceptors (Lipinski definition) is 4. The second kappa shape index (κ2) is 6.53. The third-order valence-electron chi connectivity index (χ3n) is 2.78. The first-order chi connectivity index (χ1) is 9.33. The molecule has 0 aliphatic heterocycles. The molecule has 0 saturated carbocycles. The minimum atomic E-state index is -0.190. The molecule has 2 aromatic rings. The number of rotatable bonds is 5. The molecule has 0 spiro atoms. The predicted octanol–water partition coefficient (Wildman–Crippen LogP) is 2.23. The van der Waals surface area contributed by atoms with E-state index in [9.17, 15) is 0 Å². The number of nitriles is 1. The fourth-order valence-electron chi connectivity index (χ4n) is 1.77. The molecule has 0 fully saturated rings. The Balaban J connectivity index is 2.09. The smallest absolute Gasteiger partial charge is 0.136 e. The van der Waals surface area contributed by atoms with E-state index in [1.807, 2.05) is 36.4 Å². The third kappa shape index (κ3) is 3.54. The molecule has 2 N–H and O–H groups in total. The molecule has 0 saturated heterocycles. The fraction of sp³-hybridized carbons (Fsp3) is 0.200. The van der Waals surface area contributed by atoms with Gasteiger partial charge in [0, 0.05) is 18.9 Å². The van der Waals surface area contributed by atoms with Crippen LogP contribution in [0.5, 0.6) is 5.75 Å². The molecule has 4 heteroatoms. The van der Waals surface area contributed by atoms with Gasteiger partial charge >= 0.3 is 0 Å². The summed E-state index contributed by atoms with van der Waals surface area (Å²) < 4.78 is 5.85. The van der Waals surface area contributed by atoms with E-state index in [0.717, 1.165) is 16.9 Å². The van der Waals surface area contributed by atoms with Crippen LogP contribution in [0, 0.1) is 11.3 Å². The summed E-state index contributed by atoms with van der Waals surface area (Å²) in [5, 5.41) is 8.62.